The molecule has 0 fully saturated rings. The molecule has 0 amide bonds. The molecule has 0 unspecified atom stereocenters. The van der Waals surface area contributed by atoms with Crippen molar-refractivity contribution >= 4 is 0 Å². The van der Waals surface area contributed by atoms with Crippen LogP contribution in [0.4, 0.5) is 0 Å². The Labute approximate surface area is 54.7 Å². The third-order valence-electron chi connectivity index (χ3n) is 1.36. The van der Waals surface area contributed by atoms with Crippen molar-refractivity contribution in [2.45, 2.75) is 20.1 Å². The van der Waals surface area contributed by atoms with Crippen LogP contribution in [0, 0.1) is 0 Å². The maximum absolute atomic E-state index is 8.63. The van der Waals surface area contributed by atoms with E-state index in [0.717, 1.165) is 12.1 Å². The molecule has 2 heteroatoms. The average Bonchev–Trinajstić information content (AvgIpc) is 2.34. The zero-order chi connectivity index (χ0) is 6.69. The van der Waals surface area contributed by atoms with Gasteiger partial charge in [-0.25, -0.2) is 0 Å². The number of hydrogen-bond acceptors (Lipinski definition) is 1. The fourth-order valence-corrected chi connectivity index (χ4v) is 0.781. The molecule has 1 heterocycles. The Morgan fingerprint density at radius 3 is 2.78 bits per heavy atom. The van der Waals surface area contributed by atoms with Crippen LogP contribution in [-0.2, 0) is 13.2 Å². The van der Waals surface area contributed by atoms with Crippen molar-refractivity contribution < 1.29 is 5.11 Å². The van der Waals surface area contributed by atoms with Crippen molar-refractivity contribution in [3.63, 3.8) is 0 Å². The van der Waals surface area contributed by atoms with Crippen molar-refractivity contribution in [1.82, 2.24) is 4.57 Å². The van der Waals surface area contributed by atoms with Gasteiger partial charge in [0.25, 0.3) is 0 Å². The molecule has 9 heavy (non-hydrogen) atoms. The van der Waals surface area contributed by atoms with Crippen LogP contribution in [0.1, 0.15) is 12.5 Å². The van der Waals surface area contributed by atoms with E-state index < -0.39 is 0 Å². The minimum absolute atomic E-state index is 0.146. The molecule has 0 radical (unpaired) electrons. The van der Waals surface area contributed by atoms with Gasteiger partial charge in [-0.1, -0.05) is 0 Å². The minimum atomic E-state index is 0.146. The third-order valence-corrected chi connectivity index (χ3v) is 1.36. The lowest BCUT2D eigenvalue weighted by Gasteiger charge is -1.91. The summed E-state index contributed by atoms with van der Waals surface area (Å²) in [6.45, 7) is 3.19. The summed E-state index contributed by atoms with van der Waals surface area (Å²) in [6.07, 6.45) is 3.91. The molecule has 0 saturated heterocycles. The molecule has 0 spiro atoms. The van der Waals surface area contributed by atoms with Crippen LogP contribution >= 0.6 is 0 Å². The molecule has 50 valence electrons. The summed E-state index contributed by atoms with van der Waals surface area (Å²) in [7, 11) is 0. The van der Waals surface area contributed by atoms with E-state index in [2.05, 4.69) is 6.92 Å². The fraction of sp³-hybridized carbons (Fsp3) is 0.429. The van der Waals surface area contributed by atoms with Gasteiger partial charge >= 0.3 is 0 Å². The average molecular weight is 125 g/mol. The number of aryl methyl sites for hydroxylation is 1. The second-order valence-corrected chi connectivity index (χ2v) is 2.01. The van der Waals surface area contributed by atoms with Crippen LogP contribution in [0.5, 0.6) is 0 Å². The molecular weight excluding hydrogens is 114 g/mol. The molecule has 0 atom stereocenters. The Bertz CT molecular complexity index is 162. The fourth-order valence-electron chi connectivity index (χ4n) is 0.781. The maximum Gasteiger partial charge on any atom is 0.0696 e. The Hall–Kier alpha value is -0.760. The molecule has 0 aliphatic rings. The number of nitrogens with zero attached hydrogens (tertiary/aromatic N) is 1. The number of hydrogen-bond donors (Lipinski definition) is 1. The van der Waals surface area contributed by atoms with Gasteiger partial charge in [0, 0.05) is 18.9 Å². The van der Waals surface area contributed by atoms with Crippen LogP contribution in [0.15, 0.2) is 18.5 Å². The zero-order valence-corrected chi connectivity index (χ0v) is 5.54. The van der Waals surface area contributed by atoms with Gasteiger partial charge in [0.1, 0.15) is 0 Å². The van der Waals surface area contributed by atoms with Crippen LogP contribution in [0.25, 0.3) is 0 Å². The molecule has 1 aromatic heterocycles. The molecule has 1 rings (SSSR count). The van der Waals surface area contributed by atoms with Gasteiger partial charge in [-0.3, -0.25) is 0 Å². The van der Waals surface area contributed by atoms with Crippen molar-refractivity contribution in [3.8, 4) is 0 Å². The van der Waals surface area contributed by atoms with Gasteiger partial charge in [0.2, 0.25) is 0 Å². The highest BCUT2D eigenvalue weighted by molar-refractivity contribution is 5.08. The van der Waals surface area contributed by atoms with E-state index >= 15 is 0 Å². The summed E-state index contributed by atoms with van der Waals surface area (Å²) in [5.74, 6) is 0. The van der Waals surface area contributed by atoms with Gasteiger partial charge in [0.15, 0.2) is 0 Å². The van der Waals surface area contributed by atoms with E-state index in [4.69, 9.17) is 5.11 Å². The Morgan fingerprint density at radius 2 is 2.44 bits per heavy atom. The summed E-state index contributed by atoms with van der Waals surface area (Å²) in [6, 6.07) is 1.92. The van der Waals surface area contributed by atoms with Gasteiger partial charge in [0.05, 0.1) is 6.61 Å². The number of aliphatic hydroxyl groups is 1. The summed E-state index contributed by atoms with van der Waals surface area (Å²) >= 11 is 0. The smallest absolute Gasteiger partial charge is 0.0696 e. The van der Waals surface area contributed by atoms with E-state index in [1.165, 1.54) is 0 Å². The molecule has 2 nitrogen and oxygen atoms in total. The lowest BCUT2D eigenvalue weighted by atomic mass is 10.4. The first-order valence-corrected chi connectivity index (χ1v) is 3.12. The first kappa shape index (κ1) is 6.36. The molecule has 0 aliphatic carbocycles. The van der Waals surface area contributed by atoms with Gasteiger partial charge < -0.3 is 9.67 Å². The summed E-state index contributed by atoms with van der Waals surface area (Å²) < 4.78 is 2.03. The minimum Gasteiger partial charge on any atom is -0.392 e. The van der Waals surface area contributed by atoms with Gasteiger partial charge in [-0.2, -0.15) is 0 Å². The Morgan fingerprint density at radius 1 is 1.67 bits per heavy atom. The van der Waals surface area contributed by atoms with Crippen LogP contribution in [-0.4, -0.2) is 9.67 Å². The van der Waals surface area contributed by atoms with E-state index in [1.54, 1.807) is 0 Å². The lowest BCUT2D eigenvalue weighted by Crippen LogP contribution is -1.87. The van der Waals surface area contributed by atoms with Crippen molar-refractivity contribution in [2.75, 3.05) is 0 Å². The van der Waals surface area contributed by atoms with Crippen LogP contribution in [0.3, 0.4) is 0 Å². The van der Waals surface area contributed by atoms with E-state index in [1.807, 2.05) is 23.0 Å². The first-order chi connectivity index (χ1) is 4.36. The third kappa shape index (κ3) is 1.33. The zero-order valence-electron chi connectivity index (χ0n) is 5.54. The van der Waals surface area contributed by atoms with Crippen LogP contribution in [0.2, 0.25) is 0 Å². The maximum atomic E-state index is 8.63. The highest BCUT2D eigenvalue weighted by Crippen LogP contribution is 1.99. The van der Waals surface area contributed by atoms with Crippen molar-refractivity contribution in [2.24, 2.45) is 0 Å². The number of aromatic nitrogens is 1. The highest BCUT2D eigenvalue weighted by atomic mass is 16.3. The van der Waals surface area contributed by atoms with E-state index in [9.17, 15) is 0 Å². The molecule has 0 aliphatic heterocycles. The largest absolute Gasteiger partial charge is 0.392 e. The topological polar surface area (TPSA) is 25.2 Å². The predicted molar refractivity (Wildman–Crippen MR) is 36.0 cm³/mol. The summed E-state index contributed by atoms with van der Waals surface area (Å²) in [4.78, 5) is 0. The molecule has 0 saturated carbocycles. The highest BCUT2D eigenvalue weighted by Gasteiger charge is 1.90. The monoisotopic (exact) mass is 125 g/mol. The first-order valence-electron chi connectivity index (χ1n) is 3.12. The van der Waals surface area contributed by atoms with E-state index in [-0.39, 0.29) is 6.61 Å². The molecular formula is C7H11NO. The van der Waals surface area contributed by atoms with Crippen LogP contribution < -0.4 is 0 Å². The predicted octanol–water partition coefficient (Wildman–Crippen LogP) is 1.00. The quantitative estimate of drug-likeness (QED) is 0.626. The van der Waals surface area contributed by atoms with E-state index in [0.29, 0.717) is 0 Å². The molecule has 0 aromatic carbocycles. The number of aliphatic hydroxyl groups excluding tert-OH is 1. The van der Waals surface area contributed by atoms with Gasteiger partial charge in [-0.15, -0.1) is 0 Å². The molecule has 0 bridgehead atoms. The summed E-state index contributed by atoms with van der Waals surface area (Å²) in [5, 5.41) is 8.63. The van der Waals surface area contributed by atoms with Crippen molar-refractivity contribution in [3.05, 3.63) is 24.0 Å². The SMILES string of the molecule is CCn1ccc(CO)c1. The Kier molecular flexibility index (Phi) is 1.90. The van der Waals surface area contributed by atoms with Crippen molar-refractivity contribution in [1.29, 1.82) is 0 Å². The second-order valence-electron chi connectivity index (χ2n) is 2.01. The Balaban J connectivity index is 2.74. The second kappa shape index (κ2) is 2.69. The lowest BCUT2D eigenvalue weighted by molar-refractivity contribution is 0.281. The summed E-state index contributed by atoms with van der Waals surface area (Å²) in [5.41, 5.74) is 0.983. The molecule has 1 aromatic rings. The normalized spacial score (nSPS) is 10.0. The number of rotatable bonds is 2. The van der Waals surface area contributed by atoms with Gasteiger partial charge in [-0.05, 0) is 18.6 Å². The standard InChI is InChI=1S/C7H11NO/c1-2-8-4-3-7(5-8)6-9/h3-5,9H,2,6H2,1H3. The molecule has 1 N–H and O–H groups in total.